The predicted octanol–water partition coefficient (Wildman–Crippen LogP) is 5.19. The van der Waals surface area contributed by atoms with Crippen LogP contribution in [0.4, 0.5) is 4.39 Å². The van der Waals surface area contributed by atoms with Crippen molar-refractivity contribution in [2.45, 2.75) is 31.0 Å². The molecule has 0 saturated carbocycles. The average molecular weight is 477 g/mol. The lowest BCUT2D eigenvalue weighted by atomic mass is 10.2. The highest BCUT2D eigenvalue weighted by atomic mass is 35.5. The van der Waals surface area contributed by atoms with Crippen molar-refractivity contribution in [3.63, 3.8) is 0 Å². The monoisotopic (exact) mass is 476 g/mol. The van der Waals surface area contributed by atoms with E-state index in [0.717, 1.165) is 21.9 Å². The Bertz CT molecular complexity index is 1100. The van der Waals surface area contributed by atoms with E-state index < -0.39 is 24.3 Å². The van der Waals surface area contributed by atoms with Crippen LogP contribution >= 0.6 is 23.4 Å². The lowest BCUT2D eigenvalue weighted by Gasteiger charge is -2.18. The summed E-state index contributed by atoms with van der Waals surface area (Å²) in [4.78, 5) is 27.0. The van der Waals surface area contributed by atoms with Crippen molar-refractivity contribution < 1.29 is 23.2 Å². The number of esters is 1. The number of rotatable bonds is 8. The summed E-state index contributed by atoms with van der Waals surface area (Å²) >= 11 is 7.47. The SMILES string of the molecule is Cc1noc(C)c1CSc1ccccc1C(=O)OCC(=O)N(C)Cc1c(F)cccc1Cl. The second kappa shape index (κ2) is 10.7. The quantitative estimate of drug-likeness (QED) is 0.329. The number of aryl methyl sites for hydroxylation is 2. The number of halogens is 2. The first-order valence-electron chi connectivity index (χ1n) is 9.75. The van der Waals surface area contributed by atoms with Crippen LogP contribution < -0.4 is 0 Å². The van der Waals surface area contributed by atoms with Crippen molar-refractivity contribution in [3.8, 4) is 0 Å². The summed E-state index contributed by atoms with van der Waals surface area (Å²) in [6.07, 6.45) is 0. The van der Waals surface area contributed by atoms with E-state index in [2.05, 4.69) is 5.16 Å². The molecular formula is C23H22ClFN2O4S. The first-order valence-corrected chi connectivity index (χ1v) is 11.1. The van der Waals surface area contributed by atoms with Gasteiger partial charge in [0.1, 0.15) is 11.6 Å². The molecule has 0 aliphatic carbocycles. The topological polar surface area (TPSA) is 72.6 Å². The molecule has 0 saturated heterocycles. The molecule has 32 heavy (non-hydrogen) atoms. The lowest BCUT2D eigenvalue weighted by molar-refractivity contribution is -0.133. The highest BCUT2D eigenvalue weighted by Gasteiger charge is 2.19. The van der Waals surface area contributed by atoms with Crippen molar-refractivity contribution >= 4 is 35.2 Å². The van der Waals surface area contributed by atoms with Gasteiger partial charge in [0.05, 0.1) is 11.3 Å². The molecule has 0 aliphatic rings. The van der Waals surface area contributed by atoms with Crippen LogP contribution in [0.25, 0.3) is 0 Å². The normalized spacial score (nSPS) is 10.8. The number of likely N-dealkylation sites (N-methyl/N-ethyl adjacent to an activating group) is 1. The van der Waals surface area contributed by atoms with Crippen LogP contribution in [0.1, 0.15) is 32.9 Å². The van der Waals surface area contributed by atoms with E-state index in [1.807, 2.05) is 26.0 Å². The van der Waals surface area contributed by atoms with Gasteiger partial charge in [-0.1, -0.05) is 35.0 Å². The third-order valence-electron chi connectivity index (χ3n) is 4.87. The molecule has 0 spiro atoms. The summed E-state index contributed by atoms with van der Waals surface area (Å²) in [5.41, 5.74) is 2.34. The predicted molar refractivity (Wildman–Crippen MR) is 120 cm³/mol. The summed E-state index contributed by atoms with van der Waals surface area (Å²) in [7, 11) is 1.49. The summed E-state index contributed by atoms with van der Waals surface area (Å²) in [6, 6.07) is 11.3. The van der Waals surface area contributed by atoms with Gasteiger partial charge in [0.25, 0.3) is 5.91 Å². The minimum Gasteiger partial charge on any atom is -0.452 e. The molecule has 168 valence electrons. The number of benzene rings is 2. The fourth-order valence-corrected chi connectivity index (χ4v) is 4.36. The van der Waals surface area contributed by atoms with Gasteiger partial charge in [-0.3, -0.25) is 4.79 Å². The van der Waals surface area contributed by atoms with E-state index in [9.17, 15) is 14.0 Å². The second-order valence-corrected chi connectivity index (χ2v) is 8.54. The molecule has 2 aromatic carbocycles. The summed E-state index contributed by atoms with van der Waals surface area (Å²) in [5, 5.41) is 4.17. The Labute approximate surface area is 194 Å². The number of thioether (sulfide) groups is 1. The number of ether oxygens (including phenoxy) is 1. The molecule has 1 heterocycles. The van der Waals surface area contributed by atoms with E-state index in [1.54, 1.807) is 18.2 Å². The third kappa shape index (κ3) is 5.69. The van der Waals surface area contributed by atoms with E-state index in [-0.39, 0.29) is 17.1 Å². The maximum absolute atomic E-state index is 14.0. The third-order valence-corrected chi connectivity index (χ3v) is 6.32. The fourth-order valence-electron chi connectivity index (χ4n) is 2.94. The van der Waals surface area contributed by atoms with Gasteiger partial charge in [-0.2, -0.15) is 0 Å². The van der Waals surface area contributed by atoms with Crippen LogP contribution in [0, 0.1) is 19.7 Å². The molecule has 0 N–H and O–H groups in total. The molecule has 0 radical (unpaired) electrons. The molecule has 9 heteroatoms. The zero-order valence-electron chi connectivity index (χ0n) is 17.9. The van der Waals surface area contributed by atoms with Gasteiger partial charge in [0.2, 0.25) is 0 Å². The molecule has 0 fully saturated rings. The summed E-state index contributed by atoms with van der Waals surface area (Å²) in [6.45, 7) is 3.20. The summed E-state index contributed by atoms with van der Waals surface area (Å²) < 4.78 is 24.4. The maximum Gasteiger partial charge on any atom is 0.339 e. The molecule has 6 nitrogen and oxygen atoms in total. The van der Waals surface area contributed by atoms with Crippen LogP contribution in [0.5, 0.6) is 0 Å². The molecule has 0 unspecified atom stereocenters. The second-order valence-electron chi connectivity index (χ2n) is 7.11. The maximum atomic E-state index is 14.0. The van der Waals surface area contributed by atoms with Gasteiger partial charge in [0.15, 0.2) is 6.61 Å². The van der Waals surface area contributed by atoms with Crippen molar-refractivity contribution in [3.05, 3.63) is 81.4 Å². The first kappa shape index (κ1) is 23.8. The standard InChI is InChI=1S/C23H22ClFN2O4S/c1-14-18(15(2)31-26-14)13-32-21-10-5-4-7-16(21)23(29)30-12-22(28)27(3)11-17-19(24)8-6-9-20(17)25/h4-10H,11-13H2,1-3H3. The number of hydrogen-bond acceptors (Lipinski definition) is 6. The number of aromatic nitrogens is 1. The van der Waals surface area contributed by atoms with Crippen LogP contribution in [0.2, 0.25) is 5.02 Å². The van der Waals surface area contributed by atoms with Gasteiger partial charge in [-0.25, -0.2) is 9.18 Å². The van der Waals surface area contributed by atoms with Crippen LogP contribution in [-0.4, -0.2) is 35.6 Å². The summed E-state index contributed by atoms with van der Waals surface area (Å²) in [5.74, 6) is -0.274. The van der Waals surface area contributed by atoms with E-state index in [0.29, 0.717) is 11.3 Å². The first-order chi connectivity index (χ1) is 15.3. The zero-order valence-corrected chi connectivity index (χ0v) is 19.4. The van der Waals surface area contributed by atoms with Crippen LogP contribution in [-0.2, 0) is 21.8 Å². The Morgan fingerprint density at radius 3 is 2.59 bits per heavy atom. The van der Waals surface area contributed by atoms with Gasteiger partial charge < -0.3 is 14.2 Å². The Kier molecular flexibility index (Phi) is 7.93. The number of nitrogens with zero attached hydrogens (tertiary/aromatic N) is 2. The van der Waals surface area contributed by atoms with E-state index >= 15 is 0 Å². The van der Waals surface area contributed by atoms with E-state index in [4.69, 9.17) is 20.9 Å². The molecule has 3 aromatic rings. The number of hydrogen-bond donors (Lipinski definition) is 0. The Hall–Kier alpha value is -2.84. The van der Waals surface area contributed by atoms with Gasteiger partial charge in [0, 0.05) is 40.4 Å². The van der Waals surface area contributed by atoms with Crippen molar-refractivity contribution in [2.75, 3.05) is 13.7 Å². The minimum absolute atomic E-state index is 0.0359. The fraction of sp³-hybridized carbons (Fsp3) is 0.261. The Morgan fingerprint density at radius 2 is 1.91 bits per heavy atom. The highest BCUT2D eigenvalue weighted by Crippen LogP contribution is 2.29. The van der Waals surface area contributed by atoms with Gasteiger partial charge in [-0.15, -0.1) is 11.8 Å². The van der Waals surface area contributed by atoms with Crippen LogP contribution in [0.15, 0.2) is 51.9 Å². The Morgan fingerprint density at radius 1 is 1.16 bits per heavy atom. The number of carbonyl (C=O) groups excluding carboxylic acids is 2. The number of carbonyl (C=O) groups is 2. The largest absolute Gasteiger partial charge is 0.452 e. The van der Waals surface area contributed by atoms with Crippen molar-refractivity contribution in [1.29, 1.82) is 0 Å². The van der Waals surface area contributed by atoms with Crippen LogP contribution in [0.3, 0.4) is 0 Å². The molecule has 3 rings (SSSR count). The van der Waals surface area contributed by atoms with Gasteiger partial charge in [-0.05, 0) is 38.1 Å². The molecule has 0 aliphatic heterocycles. The molecule has 1 amide bonds. The number of amides is 1. The highest BCUT2D eigenvalue weighted by molar-refractivity contribution is 7.98. The molecule has 1 aromatic heterocycles. The average Bonchev–Trinajstić information content (AvgIpc) is 3.10. The molecule has 0 bridgehead atoms. The zero-order chi connectivity index (χ0) is 23.3. The molecule has 0 atom stereocenters. The molecular weight excluding hydrogens is 455 g/mol. The van der Waals surface area contributed by atoms with Crippen molar-refractivity contribution in [1.82, 2.24) is 10.1 Å². The minimum atomic E-state index is -0.613. The Balaban J connectivity index is 1.60. The smallest absolute Gasteiger partial charge is 0.339 e. The van der Waals surface area contributed by atoms with E-state index in [1.165, 1.54) is 35.8 Å². The lowest BCUT2D eigenvalue weighted by Crippen LogP contribution is -2.31. The van der Waals surface area contributed by atoms with Crippen molar-refractivity contribution in [2.24, 2.45) is 0 Å². The van der Waals surface area contributed by atoms with Gasteiger partial charge >= 0.3 is 5.97 Å².